The first-order chi connectivity index (χ1) is 14.8. The number of hydrogen-bond donors (Lipinski definition) is 2. The van der Waals surface area contributed by atoms with E-state index in [-0.39, 0.29) is 24.0 Å². The van der Waals surface area contributed by atoms with Gasteiger partial charge in [-0.3, -0.25) is 0 Å². The molecule has 31 heavy (non-hydrogen) atoms. The average molecular weight is 539 g/mol. The van der Waals surface area contributed by atoms with Gasteiger partial charge in [0.15, 0.2) is 5.96 Å². The van der Waals surface area contributed by atoms with Crippen LogP contribution in [0, 0.1) is 5.92 Å². The van der Waals surface area contributed by atoms with Gasteiger partial charge in [0.2, 0.25) is 0 Å². The third kappa shape index (κ3) is 9.35. The van der Waals surface area contributed by atoms with Crippen LogP contribution in [-0.4, -0.2) is 39.4 Å². The van der Waals surface area contributed by atoms with Crippen LogP contribution in [0.3, 0.4) is 0 Å². The highest BCUT2D eigenvalue weighted by atomic mass is 127. The molecule has 0 aromatic heterocycles. The second-order valence-electron chi connectivity index (χ2n) is 7.40. The van der Waals surface area contributed by atoms with Gasteiger partial charge < -0.3 is 24.8 Å². The largest absolute Gasteiger partial charge is 0.493 e. The Labute approximate surface area is 202 Å². The highest BCUT2D eigenvalue weighted by Gasteiger charge is 2.22. The van der Waals surface area contributed by atoms with Crippen LogP contribution < -0.4 is 20.1 Å². The van der Waals surface area contributed by atoms with Crippen LogP contribution in [0.15, 0.2) is 53.5 Å². The zero-order valence-corrected chi connectivity index (χ0v) is 20.8. The number of rotatable bonds is 12. The summed E-state index contributed by atoms with van der Waals surface area (Å²) in [7, 11) is 1.67. The third-order valence-electron chi connectivity index (χ3n) is 4.81. The smallest absolute Gasteiger partial charge is 0.191 e. The van der Waals surface area contributed by atoms with Gasteiger partial charge in [0.25, 0.3) is 0 Å². The van der Waals surface area contributed by atoms with Crippen LogP contribution in [0.2, 0.25) is 0 Å². The molecular weight excluding hydrogens is 505 g/mol. The molecule has 7 heteroatoms. The van der Waals surface area contributed by atoms with Crippen LogP contribution in [-0.2, 0) is 17.8 Å². The second-order valence-corrected chi connectivity index (χ2v) is 7.40. The minimum atomic E-state index is 0. The maximum absolute atomic E-state index is 6.01. The molecule has 0 saturated heterocycles. The van der Waals surface area contributed by atoms with Crippen molar-refractivity contribution in [3.8, 4) is 11.5 Å². The Morgan fingerprint density at radius 1 is 1.03 bits per heavy atom. The quantitative estimate of drug-likeness (QED) is 0.182. The number of aliphatic imine (C=N–C) groups is 1. The highest BCUT2D eigenvalue weighted by molar-refractivity contribution is 14.0. The monoisotopic (exact) mass is 539 g/mol. The van der Waals surface area contributed by atoms with Crippen molar-refractivity contribution < 1.29 is 14.2 Å². The van der Waals surface area contributed by atoms with Gasteiger partial charge in [-0.1, -0.05) is 30.3 Å². The Kier molecular flexibility index (Phi) is 11.5. The first-order valence-corrected chi connectivity index (χ1v) is 10.7. The molecule has 1 fully saturated rings. The van der Waals surface area contributed by atoms with Gasteiger partial charge in [-0.15, -0.1) is 24.0 Å². The second kappa shape index (κ2) is 14.1. The number of nitrogens with one attached hydrogen (secondary N) is 2. The number of nitrogens with zero attached hydrogens (tertiary/aromatic N) is 1. The fourth-order valence-corrected chi connectivity index (χ4v) is 2.95. The summed E-state index contributed by atoms with van der Waals surface area (Å²) < 4.78 is 16.7. The molecule has 2 aromatic carbocycles. The van der Waals surface area contributed by atoms with E-state index in [1.165, 1.54) is 12.8 Å². The van der Waals surface area contributed by atoms with Crippen molar-refractivity contribution in [2.24, 2.45) is 10.9 Å². The average Bonchev–Trinajstić information content (AvgIpc) is 3.60. The molecule has 3 rings (SSSR count). The molecule has 0 heterocycles. The minimum Gasteiger partial charge on any atom is -0.493 e. The van der Waals surface area contributed by atoms with Crippen LogP contribution in [0.5, 0.6) is 11.5 Å². The van der Waals surface area contributed by atoms with E-state index in [4.69, 9.17) is 19.2 Å². The molecule has 0 radical (unpaired) electrons. The molecule has 0 bridgehead atoms. The van der Waals surface area contributed by atoms with Crippen LogP contribution >= 0.6 is 24.0 Å². The van der Waals surface area contributed by atoms with Gasteiger partial charge in [0.05, 0.1) is 19.8 Å². The van der Waals surface area contributed by atoms with Crippen molar-refractivity contribution in [2.45, 2.75) is 32.9 Å². The lowest BCUT2D eigenvalue weighted by Crippen LogP contribution is -2.36. The molecule has 0 amide bonds. The summed E-state index contributed by atoms with van der Waals surface area (Å²) in [5.74, 6) is 3.30. The van der Waals surface area contributed by atoms with Gasteiger partial charge in [0.1, 0.15) is 18.1 Å². The van der Waals surface area contributed by atoms with E-state index in [0.717, 1.165) is 47.7 Å². The Hall–Kier alpha value is -2.00. The molecular formula is C24H34IN3O3. The van der Waals surface area contributed by atoms with Crippen molar-refractivity contribution in [1.29, 1.82) is 0 Å². The number of guanidine groups is 1. The molecule has 1 saturated carbocycles. The lowest BCUT2D eigenvalue weighted by Gasteiger charge is -2.15. The van der Waals surface area contributed by atoms with Crippen molar-refractivity contribution in [3.63, 3.8) is 0 Å². The Morgan fingerprint density at radius 3 is 2.65 bits per heavy atom. The van der Waals surface area contributed by atoms with Crippen LogP contribution in [0.25, 0.3) is 0 Å². The molecule has 0 atom stereocenters. The van der Waals surface area contributed by atoms with E-state index in [9.17, 15) is 0 Å². The molecule has 0 aliphatic heterocycles. The van der Waals surface area contributed by atoms with E-state index in [1.807, 2.05) is 36.4 Å². The summed E-state index contributed by atoms with van der Waals surface area (Å²) in [5, 5.41) is 6.73. The molecule has 1 aliphatic rings. The van der Waals surface area contributed by atoms with Gasteiger partial charge >= 0.3 is 0 Å². The summed E-state index contributed by atoms with van der Waals surface area (Å²) in [5.41, 5.74) is 2.23. The maximum atomic E-state index is 6.01. The normalized spacial score (nSPS) is 13.3. The summed E-state index contributed by atoms with van der Waals surface area (Å²) in [4.78, 5) is 4.72. The summed E-state index contributed by atoms with van der Waals surface area (Å²) >= 11 is 0. The predicted molar refractivity (Wildman–Crippen MR) is 136 cm³/mol. The van der Waals surface area contributed by atoms with Crippen molar-refractivity contribution in [3.05, 3.63) is 59.7 Å². The first-order valence-electron chi connectivity index (χ1n) is 10.7. The van der Waals surface area contributed by atoms with Crippen LogP contribution in [0.1, 0.15) is 30.9 Å². The lowest BCUT2D eigenvalue weighted by molar-refractivity contribution is 0.146. The molecule has 0 spiro atoms. The Bertz CT molecular complexity index is 812. The van der Waals surface area contributed by atoms with E-state index < -0.39 is 0 Å². The Balaban J connectivity index is 0.00000341. The topological polar surface area (TPSA) is 64.1 Å². The molecule has 6 nitrogen and oxygen atoms in total. The third-order valence-corrected chi connectivity index (χ3v) is 4.81. The number of ether oxygens (including phenoxy) is 3. The fraction of sp³-hybridized carbons (Fsp3) is 0.458. The lowest BCUT2D eigenvalue weighted by atomic mass is 10.2. The minimum absolute atomic E-state index is 0. The highest BCUT2D eigenvalue weighted by Crippen LogP contribution is 2.30. The van der Waals surface area contributed by atoms with Gasteiger partial charge in [-0.25, -0.2) is 4.99 Å². The van der Waals surface area contributed by atoms with Crippen LogP contribution in [0.4, 0.5) is 0 Å². The van der Waals surface area contributed by atoms with Crippen molar-refractivity contribution in [2.75, 3.05) is 33.5 Å². The maximum Gasteiger partial charge on any atom is 0.191 e. The van der Waals surface area contributed by atoms with E-state index in [0.29, 0.717) is 26.3 Å². The number of hydrogen-bond acceptors (Lipinski definition) is 4. The molecule has 170 valence electrons. The number of benzene rings is 2. The predicted octanol–water partition coefficient (Wildman–Crippen LogP) is 4.37. The van der Waals surface area contributed by atoms with E-state index in [1.54, 1.807) is 7.11 Å². The summed E-state index contributed by atoms with van der Waals surface area (Å²) in [6, 6.07) is 16.2. The molecule has 1 aliphatic carbocycles. The number of methoxy groups -OCH3 is 1. The zero-order chi connectivity index (χ0) is 21.0. The molecule has 2 aromatic rings. The first kappa shape index (κ1) is 25.3. The van der Waals surface area contributed by atoms with Gasteiger partial charge in [0, 0.05) is 25.8 Å². The Morgan fingerprint density at radius 2 is 1.87 bits per heavy atom. The summed E-state index contributed by atoms with van der Waals surface area (Å²) in [6.45, 7) is 6.01. The molecule has 0 unspecified atom stereocenters. The zero-order valence-electron chi connectivity index (χ0n) is 18.4. The summed E-state index contributed by atoms with van der Waals surface area (Å²) in [6.07, 6.45) is 2.58. The van der Waals surface area contributed by atoms with Crippen molar-refractivity contribution >= 4 is 29.9 Å². The van der Waals surface area contributed by atoms with E-state index in [2.05, 4.69) is 29.7 Å². The SMILES string of the molecule is CCNC(=NCc1cccc(OCCOC)c1)NCc1ccccc1OCC1CC1.I. The molecule has 2 N–H and O–H groups in total. The number of para-hydroxylation sites is 1. The van der Waals surface area contributed by atoms with Gasteiger partial charge in [-0.2, -0.15) is 0 Å². The van der Waals surface area contributed by atoms with Crippen molar-refractivity contribution in [1.82, 2.24) is 10.6 Å². The van der Waals surface area contributed by atoms with E-state index >= 15 is 0 Å². The number of halogens is 1. The van der Waals surface area contributed by atoms with Gasteiger partial charge in [-0.05, 0) is 49.4 Å². The fourth-order valence-electron chi connectivity index (χ4n) is 2.95. The standard InChI is InChI=1S/C24H33N3O3.HI/c1-3-25-24(26-16-20-7-6-9-22(15-20)29-14-13-28-2)27-17-21-8-4-5-10-23(21)30-18-19-11-12-19;/h4-10,15,19H,3,11-14,16-18H2,1-2H3,(H2,25,26,27);1H.